The quantitative estimate of drug-likeness (QED) is 0.706. The fourth-order valence-electron chi connectivity index (χ4n) is 2.86. The number of rotatable bonds is 3. The second kappa shape index (κ2) is 6.94. The molecule has 1 atom stereocenters. The number of nitrogens with zero attached hydrogens (tertiary/aromatic N) is 5. The van der Waals surface area contributed by atoms with E-state index in [2.05, 4.69) is 44.6 Å². The number of benzene rings is 2. The van der Waals surface area contributed by atoms with Crippen LogP contribution in [0.25, 0.3) is 22.2 Å². The molecule has 1 N–H and O–H groups in total. The average molecular weight is 355 g/mol. The van der Waals surface area contributed by atoms with Crippen molar-refractivity contribution in [3.05, 3.63) is 54.6 Å². The van der Waals surface area contributed by atoms with Crippen molar-refractivity contribution in [1.29, 1.82) is 0 Å². The summed E-state index contributed by atoms with van der Waals surface area (Å²) >= 11 is 0. The zero-order valence-corrected chi connectivity index (χ0v) is 14.8. The summed E-state index contributed by atoms with van der Waals surface area (Å²) in [4.78, 5) is 5.38. The Balaban J connectivity index is 0.00000182. The fourth-order valence-corrected chi connectivity index (χ4v) is 2.86. The van der Waals surface area contributed by atoms with Crippen LogP contribution >= 0.6 is 12.4 Å². The van der Waals surface area contributed by atoms with Gasteiger partial charge in [0.05, 0.1) is 5.69 Å². The van der Waals surface area contributed by atoms with Crippen LogP contribution in [0.1, 0.15) is 0 Å². The predicted molar refractivity (Wildman–Crippen MR) is 103 cm³/mol. The molecule has 0 radical (unpaired) electrons. The van der Waals surface area contributed by atoms with Gasteiger partial charge < -0.3 is 9.88 Å². The molecule has 0 aliphatic carbocycles. The number of hydrogen-bond acceptors (Lipinski definition) is 5. The van der Waals surface area contributed by atoms with E-state index < -0.39 is 0 Å². The van der Waals surface area contributed by atoms with E-state index in [1.807, 2.05) is 49.3 Å². The SMILES string of the molecule is CN1C=NN(C)C1N=Nc1c(-c2ccccc2)[nH]c2ccccc12.Cl. The zero-order chi connectivity index (χ0) is 16.5. The molecule has 0 bridgehead atoms. The molecule has 3 aromatic rings. The van der Waals surface area contributed by atoms with Crippen LogP contribution in [0.3, 0.4) is 0 Å². The third-order valence-electron chi connectivity index (χ3n) is 4.12. The first-order valence-corrected chi connectivity index (χ1v) is 7.80. The molecule has 1 aliphatic heterocycles. The molecule has 2 aromatic carbocycles. The summed E-state index contributed by atoms with van der Waals surface area (Å²) in [7, 11) is 3.82. The van der Waals surface area contributed by atoms with Crippen LogP contribution in [0, 0.1) is 0 Å². The molecular formula is C18H19ClN6. The molecule has 0 saturated carbocycles. The molecule has 0 saturated heterocycles. The standard InChI is InChI=1S/C18H18N6.ClH/c1-23-12-19-24(2)18(23)22-21-17-14-10-6-7-11-15(14)20-16(17)13-8-4-3-5-9-13;/h3-12,18,20H,1-2H3;1H. The Kier molecular flexibility index (Phi) is 4.72. The van der Waals surface area contributed by atoms with Gasteiger partial charge >= 0.3 is 0 Å². The van der Waals surface area contributed by atoms with Crippen LogP contribution in [-0.4, -0.2) is 41.6 Å². The van der Waals surface area contributed by atoms with Crippen molar-refractivity contribution >= 4 is 35.3 Å². The minimum Gasteiger partial charge on any atom is -0.353 e. The lowest BCUT2D eigenvalue weighted by Crippen LogP contribution is -2.32. The first-order valence-electron chi connectivity index (χ1n) is 7.80. The number of halogens is 1. The highest BCUT2D eigenvalue weighted by Gasteiger charge is 2.21. The van der Waals surface area contributed by atoms with Crippen molar-refractivity contribution in [1.82, 2.24) is 14.9 Å². The highest BCUT2D eigenvalue weighted by Crippen LogP contribution is 2.37. The van der Waals surface area contributed by atoms with Crippen molar-refractivity contribution in [2.24, 2.45) is 15.3 Å². The average Bonchev–Trinajstić information content (AvgIpc) is 3.14. The first kappa shape index (κ1) is 17.0. The molecule has 4 rings (SSSR count). The van der Waals surface area contributed by atoms with Gasteiger partial charge in [-0.25, -0.2) is 0 Å². The summed E-state index contributed by atoms with van der Waals surface area (Å²) < 4.78 is 0. The Morgan fingerprint density at radius 3 is 2.44 bits per heavy atom. The number of para-hydroxylation sites is 1. The predicted octanol–water partition coefficient (Wildman–Crippen LogP) is 4.44. The molecule has 0 amide bonds. The van der Waals surface area contributed by atoms with Crippen LogP contribution < -0.4 is 0 Å². The summed E-state index contributed by atoms with van der Waals surface area (Å²) in [6.45, 7) is 0. The van der Waals surface area contributed by atoms with Crippen LogP contribution in [0.15, 0.2) is 69.9 Å². The minimum atomic E-state index is -0.220. The summed E-state index contributed by atoms with van der Waals surface area (Å²) in [5.41, 5.74) is 3.97. The van der Waals surface area contributed by atoms with Gasteiger partial charge in [-0.15, -0.1) is 22.6 Å². The van der Waals surface area contributed by atoms with E-state index in [9.17, 15) is 0 Å². The van der Waals surface area contributed by atoms with Crippen LogP contribution in [0.5, 0.6) is 0 Å². The van der Waals surface area contributed by atoms with E-state index in [0.29, 0.717) is 0 Å². The number of hydrazone groups is 1. The minimum absolute atomic E-state index is 0. The lowest BCUT2D eigenvalue weighted by Gasteiger charge is -2.19. The molecule has 0 spiro atoms. The third kappa shape index (κ3) is 3.08. The highest BCUT2D eigenvalue weighted by molar-refractivity contribution is 5.99. The third-order valence-corrected chi connectivity index (χ3v) is 4.12. The van der Waals surface area contributed by atoms with Gasteiger partial charge in [0.2, 0.25) is 6.29 Å². The van der Waals surface area contributed by atoms with Crippen molar-refractivity contribution in [2.75, 3.05) is 14.1 Å². The molecule has 7 heteroatoms. The van der Waals surface area contributed by atoms with E-state index >= 15 is 0 Å². The van der Waals surface area contributed by atoms with Gasteiger partial charge in [0, 0.05) is 30.6 Å². The van der Waals surface area contributed by atoms with Crippen molar-refractivity contribution in [3.8, 4) is 11.3 Å². The molecule has 6 nitrogen and oxygen atoms in total. The van der Waals surface area contributed by atoms with E-state index in [4.69, 9.17) is 0 Å². The molecule has 25 heavy (non-hydrogen) atoms. The Hall–Kier alpha value is -2.86. The molecule has 1 aliphatic rings. The second-order valence-electron chi connectivity index (χ2n) is 5.79. The maximum absolute atomic E-state index is 4.58. The van der Waals surface area contributed by atoms with E-state index in [1.54, 1.807) is 11.3 Å². The smallest absolute Gasteiger partial charge is 0.233 e. The van der Waals surface area contributed by atoms with Crippen LogP contribution in [0.4, 0.5) is 5.69 Å². The fraction of sp³-hybridized carbons (Fsp3) is 0.167. The van der Waals surface area contributed by atoms with Crippen molar-refractivity contribution < 1.29 is 0 Å². The van der Waals surface area contributed by atoms with E-state index in [0.717, 1.165) is 27.8 Å². The van der Waals surface area contributed by atoms with Gasteiger partial charge in [0.25, 0.3) is 0 Å². The van der Waals surface area contributed by atoms with E-state index in [-0.39, 0.29) is 18.7 Å². The maximum atomic E-state index is 4.58. The normalized spacial score (nSPS) is 16.8. The highest BCUT2D eigenvalue weighted by atomic mass is 35.5. The number of aromatic nitrogens is 1. The Morgan fingerprint density at radius 2 is 1.72 bits per heavy atom. The second-order valence-corrected chi connectivity index (χ2v) is 5.79. The monoisotopic (exact) mass is 354 g/mol. The number of aromatic amines is 1. The van der Waals surface area contributed by atoms with Crippen molar-refractivity contribution in [3.63, 3.8) is 0 Å². The summed E-state index contributed by atoms with van der Waals surface area (Å²) in [6, 6.07) is 18.3. The molecular weight excluding hydrogens is 336 g/mol. The largest absolute Gasteiger partial charge is 0.353 e. The lowest BCUT2D eigenvalue weighted by molar-refractivity contribution is 0.183. The van der Waals surface area contributed by atoms with Crippen molar-refractivity contribution in [2.45, 2.75) is 6.29 Å². The van der Waals surface area contributed by atoms with Crippen LogP contribution in [-0.2, 0) is 0 Å². The molecule has 1 aromatic heterocycles. The zero-order valence-electron chi connectivity index (χ0n) is 14.0. The Labute approximate surface area is 152 Å². The van der Waals surface area contributed by atoms with Gasteiger partial charge in [-0.2, -0.15) is 5.10 Å². The Morgan fingerprint density at radius 1 is 1.00 bits per heavy atom. The van der Waals surface area contributed by atoms with Gasteiger partial charge in [-0.3, -0.25) is 5.01 Å². The van der Waals surface area contributed by atoms with Gasteiger partial charge in [0.1, 0.15) is 12.0 Å². The summed E-state index contributed by atoms with van der Waals surface area (Å²) in [5.74, 6) is 0. The lowest BCUT2D eigenvalue weighted by atomic mass is 10.1. The topological polar surface area (TPSA) is 59.4 Å². The molecule has 0 fully saturated rings. The number of H-pyrrole nitrogens is 1. The maximum Gasteiger partial charge on any atom is 0.233 e. The molecule has 1 unspecified atom stereocenters. The van der Waals surface area contributed by atoms with Gasteiger partial charge in [-0.05, 0) is 6.07 Å². The van der Waals surface area contributed by atoms with Gasteiger partial charge in [0.15, 0.2) is 0 Å². The number of azo groups is 1. The number of nitrogens with one attached hydrogen (secondary N) is 1. The number of fused-ring (bicyclic) bond motifs is 1. The summed E-state index contributed by atoms with van der Waals surface area (Å²) in [6.07, 6.45) is 1.53. The molecule has 128 valence electrons. The first-order chi connectivity index (χ1) is 11.7. The van der Waals surface area contributed by atoms with E-state index in [1.165, 1.54) is 0 Å². The molecule has 2 heterocycles. The summed E-state index contributed by atoms with van der Waals surface area (Å²) in [5, 5.41) is 16.1. The Bertz CT molecular complexity index is 906. The number of hydrogen-bond donors (Lipinski definition) is 1. The van der Waals surface area contributed by atoms with Gasteiger partial charge in [-0.1, -0.05) is 48.5 Å². The van der Waals surface area contributed by atoms with Crippen LogP contribution in [0.2, 0.25) is 0 Å².